The lowest BCUT2D eigenvalue weighted by Gasteiger charge is -2.35. The van der Waals surface area contributed by atoms with E-state index < -0.39 is 6.04 Å². The molecule has 6 rings (SSSR count). The maximum atomic E-state index is 13.7. The van der Waals surface area contributed by atoms with Crippen LogP contribution >= 0.6 is 0 Å². The Hall–Kier alpha value is -4.66. The van der Waals surface area contributed by atoms with Gasteiger partial charge in [-0.3, -0.25) is 4.90 Å². The van der Waals surface area contributed by atoms with Crippen LogP contribution < -0.4 is 14.8 Å². The number of nitrogens with zero attached hydrogens (tertiary/aromatic N) is 3. The van der Waals surface area contributed by atoms with Gasteiger partial charge in [-0.2, -0.15) is 4.98 Å². The lowest BCUT2D eigenvalue weighted by atomic mass is 9.94. The second-order valence-electron chi connectivity index (χ2n) is 9.00. The molecule has 0 radical (unpaired) electrons. The van der Waals surface area contributed by atoms with E-state index >= 15 is 0 Å². The lowest BCUT2D eigenvalue weighted by molar-refractivity contribution is 0.174. The normalized spacial score (nSPS) is 16.8. The molecule has 3 aromatic carbocycles. The van der Waals surface area contributed by atoms with Crippen molar-refractivity contribution in [3.63, 3.8) is 0 Å². The number of amides is 2. The largest absolute Gasteiger partial charge is 0.454 e. The highest BCUT2D eigenvalue weighted by molar-refractivity contribution is 5.87. The van der Waals surface area contributed by atoms with Crippen molar-refractivity contribution >= 4 is 11.6 Å². The summed E-state index contributed by atoms with van der Waals surface area (Å²) in [6.07, 6.45) is 0. The van der Waals surface area contributed by atoms with Crippen molar-refractivity contribution in [1.29, 1.82) is 0 Å². The molecule has 0 spiro atoms. The molecule has 3 heterocycles. The second kappa shape index (κ2) is 9.09. The van der Waals surface area contributed by atoms with E-state index in [0.717, 1.165) is 16.7 Å². The van der Waals surface area contributed by atoms with Crippen LogP contribution in [0.15, 0.2) is 77.0 Å². The molecule has 9 heteroatoms. The monoisotopic (exact) mass is 498 g/mol. The molecule has 1 aromatic heterocycles. The van der Waals surface area contributed by atoms with Gasteiger partial charge in [-0.05, 0) is 55.3 Å². The van der Waals surface area contributed by atoms with Gasteiger partial charge < -0.3 is 19.3 Å². The van der Waals surface area contributed by atoms with Gasteiger partial charge in [0.25, 0.3) is 5.89 Å². The van der Waals surface area contributed by atoms with Gasteiger partial charge in [-0.1, -0.05) is 47.1 Å². The SMILES string of the molecule is CC1=C(c2nc(-c3cccc(C)c3)no2)C(c2ccc(F)cc2)NC(=O)N1Cc1ccc2c(c1)OCO2. The molecule has 0 saturated carbocycles. The minimum atomic E-state index is -0.605. The van der Waals surface area contributed by atoms with Crippen molar-refractivity contribution in [3.05, 3.63) is 101 Å². The Labute approximate surface area is 212 Å². The zero-order chi connectivity index (χ0) is 25.5. The summed E-state index contributed by atoms with van der Waals surface area (Å²) in [7, 11) is 0. The van der Waals surface area contributed by atoms with Gasteiger partial charge in [-0.25, -0.2) is 9.18 Å². The predicted molar refractivity (Wildman–Crippen MR) is 133 cm³/mol. The number of aromatic nitrogens is 2. The van der Waals surface area contributed by atoms with Crippen molar-refractivity contribution in [2.75, 3.05) is 6.79 Å². The average molecular weight is 499 g/mol. The number of hydrogen-bond acceptors (Lipinski definition) is 6. The number of ether oxygens (including phenoxy) is 2. The van der Waals surface area contributed by atoms with Gasteiger partial charge in [-0.15, -0.1) is 0 Å². The van der Waals surface area contributed by atoms with Crippen LogP contribution in [0.25, 0.3) is 17.0 Å². The number of urea groups is 1. The standard InChI is InChI=1S/C28H23FN4O4/c1-16-4-3-5-20(12-16)26-31-27(37-32-26)24-17(2)33(14-18-6-11-22-23(13-18)36-15-35-22)28(34)30-25(24)19-7-9-21(29)10-8-19/h3-13,25H,14-15H2,1-2H3,(H,30,34). The fourth-order valence-electron chi connectivity index (χ4n) is 4.61. The number of carbonyl (C=O) groups is 1. The zero-order valence-electron chi connectivity index (χ0n) is 20.2. The maximum absolute atomic E-state index is 13.7. The van der Waals surface area contributed by atoms with Gasteiger partial charge in [0, 0.05) is 11.3 Å². The first-order chi connectivity index (χ1) is 18.0. The van der Waals surface area contributed by atoms with Crippen LogP contribution in [0.2, 0.25) is 0 Å². The van der Waals surface area contributed by atoms with Crippen LogP contribution in [0.1, 0.15) is 35.5 Å². The van der Waals surface area contributed by atoms with Crippen molar-refractivity contribution in [1.82, 2.24) is 20.4 Å². The molecule has 2 aliphatic rings. The second-order valence-corrected chi connectivity index (χ2v) is 9.00. The van der Waals surface area contributed by atoms with Crippen LogP contribution in [-0.2, 0) is 6.54 Å². The number of allylic oxidation sites excluding steroid dienone is 1. The van der Waals surface area contributed by atoms with E-state index in [4.69, 9.17) is 14.0 Å². The summed E-state index contributed by atoms with van der Waals surface area (Å²) < 4.78 is 30.3. The molecular weight excluding hydrogens is 475 g/mol. The van der Waals surface area contributed by atoms with E-state index in [1.807, 2.05) is 56.3 Å². The Balaban J connectivity index is 1.42. The van der Waals surface area contributed by atoms with Crippen molar-refractivity contribution in [2.24, 2.45) is 0 Å². The summed E-state index contributed by atoms with van der Waals surface area (Å²) in [5.74, 6) is 1.67. The summed E-state index contributed by atoms with van der Waals surface area (Å²) in [6, 6.07) is 18.5. The molecule has 1 N–H and O–H groups in total. The van der Waals surface area contributed by atoms with Gasteiger partial charge in [0.1, 0.15) is 5.82 Å². The number of nitrogens with one attached hydrogen (secondary N) is 1. The molecule has 2 amide bonds. The highest BCUT2D eigenvalue weighted by Crippen LogP contribution is 2.39. The molecule has 37 heavy (non-hydrogen) atoms. The van der Waals surface area contributed by atoms with E-state index in [1.165, 1.54) is 12.1 Å². The number of fused-ring (bicyclic) bond motifs is 1. The number of hydrogen-bond donors (Lipinski definition) is 1. The smallest absolute Gasteiger partial charge is 0.322 e. The number of benzene rings is 3. The Morgan fingerprint density at radius 3 is 2.65 bits per heavy atom. The van der Waals surface area contributed by atoms with E-state index in [0.29, 0.717) is 34.2 Å². The highest BCUT2D eigenvalue weighted by Gasteiger charge is 2.36. The first-order valence-electron chi connectivity index (χ1n) is 11.8. The minimum Gasteiger partial charge on any atom is -0.454 e. The van der Waals surface area contributed by atoms with Crippen LogP contribution in [0.5, 0.6) is 11.5 Å². The molecule has 1 atom stereocenters. The summed E-state index contributed by atoms with van der Waals surface area (Å²) in [5.41, 5.74) is 4.74. The molecule has 0 bridgehead atoms. The number of halogens is 1. The number of carbonyl (C=O) groups excluding carboxylic acids is 1. The fraction of sp³-hybridized carbons (Fsp3) is 0.179. The van der Waals surface area contributed by atoms with Crippen molar-refractivity contribution in [3.8, 4) is 22.9 Å². The van der Waals surface area contributed by atoms with Crippen molar-refractivity contribution in [2.45, 2.75) is 26.4 Å². The van der Waals surface area contributed by atoms with Gasteiger partial charge in [0.05, 0.1) is 18.2 Å². The van der Waals surface area contributed by atoms with Gasteiger partial charge >= 0.3 is 6.03 Å². The topological polar surface area (TPSA) is 89.7 Å². The minimum absolute atomic E-state index is 0.172. The van der Waals surface area contributed by atoms with Gasteiger partial charge in [0.15, 0.2) is 11.5 Å². The molecule has 0 aliphatic carbocycles. The molecule has 4 aromatic rings. The maximum Gasteiger partial charge on any atom is 0.322 e. The lowest BCUT2D eigenvalue weighted by Crippen LogP contribution is -2.45. The molecule has 2 aliphatic heterocycles. The number of rotatable bonds is 5. The first kappa shape index (κ1) is 22.8. The van der Waals surface area contributed by atoms with E-state index in [-0.39, 0.29) is 31.1 Å². The van der Waals surface area contributed by atoms with Crippen LogP contribution in [0.3, 0.4) is 0 Å². The van der Waals surface area contributed by atoms with E-state index in [1.54, 1.807) is 17.0 Å². The Kier molecular flexibility index (Phi) is 5.60. The van der Waals surface area contributed by atoms with Gasteiger partial charge in [0.2, 0.25) is 12.6 Å². The van der Waals surface area contributed by atoms with Crippen LogP contribution in [0, 0.1) is 12.7 Å². The molecule has 0 fully saturated rings. The summed E-state index contributed by atoms with van der Waals surface area (Å²) in [5, 5.41) is 7.24. The summed E-state index contributed by atoms with van der Waals surface area (Å²) in [4.78, 5) is 19.6. The fourth-order valence-corrected chi connectivity index (χ4v) is 4.61. The summed E-state index contributed by atoms with van der Waals surface area (Å²) in [6.45, 7) is 4.29. The molecule has 0 saturated heterocycles. The van der Waals surface area contributed by atoms with Crippen LogP contribution in [0.4, 0.5) is 9.18 Å². The Morgan fingerprint density at radius 2 is 1.84 bits per heavy atom. The quantitative estimate of drug-likeness (QED) is 0.385. The predicted octanol–water partition coefficient (Wildman–Crippen LogP) is 5.61. The first-order valence-corrected chi connectivity index (χ1v) is 11.8. The third-order valence-corrected chi connectivity index (χ3v) is 6.51. The average Bonchev–Trinajstić information content (AvgIpc) is 3.56. The highest BCUT2D eigenvalue weighted by atomic mass is 19.1. The zero-order valence-corrected chi connectivity index (χ0v) is 20.2. The summed E-state index contributed by atoms with van der Waals surface area (Å²) >= 11 is 0. The Morgan fingerprint density at radius 1 is 1.03 bits per heavy atom. The third-order valence-electron chi connectivity index (χ3n) is 6.51. The van der Waals surface area contributed by atoms with E-state index in [2.05, 4.69) is 15.5 Å². The van der Waals surface area contributed by atoms with Crippen LogP contribution in [-0.4, -0.2) is 27.9 Å². The molecule has 1 unspecified atom stereocenters. The van der Waals surface area contributed by atoms with Crippen molar-refractivity contribution < 1.29 is 23.2 Å². The Bertz CT molecular complexity index is 1530. The molecule has 186 valence electrons. The van der Waals surface area contributed by atoms with E-state index in [9.17, 15) is 9.18 Å². The molecular formula is C28H23FN4O4. The third kappa shape index (κ3) is 4.29. The number of aryl methyl sites for hydroxylation is 1. The molecule has 8 nitrogen and oxygen atoms in total.